The summed E-state index contributed by atoms with van der Waals surface area (Å²) in [7, 11) is 0. The van der Waals surface area contributed by atoms with Gasteiger partial charge in [0.1, 0.15) is 5.88 Å². The normalized spacial score (nSPS) is 12.0. The Bertz CT molecular complexity index is 1210. The Morgan fingerprint density at radius 3 is 1.77 bits per heavy atom. The number of carbonyl (C=O) groups is 4. The average Bonchev–Trinajstić information content (AvgIpc) is 2.77. The Morgan fingerprint density at radius 1 is 0.700 bits per heavy atom. The molecule has 7 heteroatoms. The Balaban J connectivity index is 1.77. The fraction of sp³-hybridized carbons (Fsp3) is 0.0435. The monoisotopic (exact) mass is 418 g/mol. The molecule has 0 fully saturated rings. The van der Waals surface area contributed by atoms with Crippen molar-refractivity contribution in [3.05, 3.63) is 94.5 Å². The summed E-state index contributed by atoms with van der Waals surface area (Å²) >= 11 is 5.55. The van der Waals surface area contributed by atoms with E-state index in [4.69, 9.17) is 11.6 Å². The van der Waals surface area contributed by atoms with Crippen LogP contribution in [0.25, 0.3) is 0 Å². The van der Waals surface area contributed by atoms with Crippen LogP contribution in [0.4, 0.5) is 11.4 Å². The third-order valence-electron chi connectivity index (χ3n) is 4.75. The highest BCUT2D eigenvalue weighted by molar-refractivity contribution is 6.33. The van der Waals surface area contributed by atoms with Crippen molar-refractivity contribution in [2.24, 2.45) is 0 Å². The number of fused-ring (bicyclic) bond motifs is 2. The molecule has 0 atom stereocenters. The second kappa shape index (κ2) is 7.93. The quantitative estimate of drug-likeness (QED) is 0.492. The number of nitrogens with one attached hydrogen (secondary N) is 2. The lowest BCUT2D eigenvalue weighted by atomic mass is 9.82. The maximum absolute atomic E-state index is 13.3. The number of anilines is 2. The van der Waals surface area contributed by atoms with Crippen molar-refractivity contribution in [1.29, 1.82) is 0 Å². The molecule has 0 bridgehead atoms. The molecule has 30 heavy (non-hydrogen) atoms. The summed E-state index contributed by atoms with van der Waals surface area (Å²) in [5.41, 5.74) is 1.45. The van der Waals surface area contributed by atoms with E-state index < -0.39 is 23.4 Å². The van der Waals surface area contributed by atoms with Crippen LogP contribution in [0.15, 0.2) is 66.7 Å². The molecule has 0 aliphatic heterocycles. The number of ketones is 2. The number of hydrogen-bond acceptors (Lipinski definition) is 4. The van der Waals surface area contributed by atoms with E-state index >= 15 is 0 Å². The van der Waals surface area contributed by atoms with Crippen molar-refractivity contribution < 1.29 is 19.2 Å². The van der Waals surface area contributed by atoms with E-state index in [-0.39, 0.29) is 39.5 Å². The number of rotatable bonds is 4. The molecule has 0 aromatic heterocycles. The van der Waals surface area contributed by atoms with Gasteiger partial charge in [0.05, 0.1) is 22.5 Å². The summed E-state index contributed by atoms with van der Waals surface area (Å²) in [6.45, 7) is 0. The molecule has 0 unspecified atom stereocenters. The molecule has 6 nitrogen and oxygen atoms in total. The predicted octanol–water partition coefficient (Wildman–Crippen LogP) is 3.89. The van der Waals surface area contributed by atoms with Gasteiger partial charge in [-0.05, 0) is 24.3 Å². The molecular weight excluding hydrogens is 404 g/mol. The second-order valence-electron chi connectivity index (χ2n) is 6.62. The number of benzene rings is 3. The fourth-order valence-electron chi connectivity index (χ4n) is 3.42. The van der Waals surface area contributed by atoms with Crippen LogP contribution >= 0.6 is 11.6 Å². The van der Waals surface area contributed by atoms with Gasteiger partial charge < -0.3 is 10.6 Å². The molecule has 2 amide bonds. The van der Waals surface area contributed by atoms with E-state index in [0.717, 1.165) is 0 Å². The van der Waals surface area contributed by atoms with Crippen molar-refractivity contribution in [2.45, 2.75) is 0 Å². The highest BCUT2D eigenvalue weighted by atomic mass is 35.5. The van der Waals surface area contributed by atoms with E-state index in [1.165, 1.54) is 12.1 Å². The molecule has 0 saturated heterocycles. The Hall–Kier alpha value is -3.77. The topological polar surface area (TPSA) is 92.3 Å². The van der Waals surface area contributed by atoms with E-state index in [9.17, 15) is 19.2 Å². The fourth-order valence-corrected chi connectivity index (χ4v) is 3.48. The second-order valence-corrected chi connectivity index (χ2v) is 6.88. The van der Waals surface area contributed by atoms with Gasteiger partial charge in [0.2, 0.25) is 5.91 Å². The zero-order valence-electron chi connectivity index (χ0n) is 15.6. The first kappa shape index (κ1) is 19.5. The van der Waals surface area contributed by atoms with Crippen molar-refractivity contribution in [1.82, 2.24) is 0 Å². The smallest absolute Gasteiger partial charge is 0.255 e. The Kier molecular flexibility index (Phi) is 5.16. The summed E-state index contributed by atoms with van der Waals surface area (Å²) < 4.78 is 0. The van der Waals surface area contributed by atoms with Gasteiger partial charge in [-0.1, -0.05) is 42.5 Å². The summed E-state index contributed by atoms with van der Waals surface area (Å²) in [6, 6.07) is 17.9. The van der Waals surface area contributed by atoms with Gasteiger partial charge in [-0.2, -0.15) is 0 Å². The molecule has 0 saturated carbocycles. The van der Waals surface area contributed by atoms with Gasteiger partial charge in [-0.15, -0.1) is 11.6 Å². The highest BCUT2D eigenvalue weighted by Crippen LogP contribution is 2.35. The maximum atomic E-state index is 13.3. The largest absolute Gasteiger partial charge is 0.324 e. The minimum absolute atomic E-state index is 0.111. The molecular formula is C23H15ClN2O4. The first-order valence-corrected chi connectivity index (χ1v) is 9.62. The van der Waals surface area contributed by atoms with E-state index in [1.54, 1.807) is 54.6 Å². The Morgan fingerprint density at radius 2 is 1.23 bits per heavy atom. The van der Waals surface area contributed by atoms with Crippen molar-refractivity contribution in [2.75, 3.05) is 16.5 Å². The molecule has 0 radical (unpaired) electrons. The lowest BCUT2D eigenvalue weighted by Crippen LogP contribution is -2.26. The molecule has 1 aliphatic carbocycles. The van der Waals surface area contributed by atoms with Crippen molar-refractivity contribution in [3.63, 3.8) is 0 Å². The third-order valence-corrected chi connectivity index (χ3v) is 4.99. The van der Waals surface area contributed by atoms with Crippen LogP contribution < -0.4 is 10.6 Å². The molecule has 148 valence electrons. The van der Waals surface area contributed by atoms with Gasteiger partial charge in [0.25, 0.3) is 5.91 Å². The molecule has 4 rings (SSSR count). The number of amides is 2. The minimum atomic E-state index is -0.486. The van der Waals surface area contributed by atoms with Gasteiger partial charge in [-0.25, -0.2) is 0 Å². The zero-order valence-corrected chi connectivity index (χ0v) is 16.3. The summed E-state index contributed by atoms with van der Waals surface area (Å²) in [5, 5.41) is 5.28. The van der Waals surface area contributed by atoms with Crippen molar-refractivity contribution in [3.8, 4) is 0 Å². The lowest BCUT2D eigenvalue weighted by molar-refractivity contribution is -0.113. The standard InChI is InChI=1S/C23H15ClN2O4/c24-12-18(27)25-16-10-4-8-14-19(16)21(28)15-9-5-11-17(20(15)22(14)29)26-23(30)13-6-2-1-3-7-13/h1-11H,12H2,(H,25,27)(H,26,30). The number of carbonyl (C=O) groups excluding carboxylic acids is 4. The van der Waals surface area contributed by atoms with Crippen LogP contribution in [0.3, 0.4) is 0 Å². The van der Waals surface area contributed by atoms with E-state index in [1.807, 2.05) is 0 Å². The molecule has 0 heterocycles. The predicted molar refractivity (Wildman–Crippen MR) is 113 cm³/mol. The number of hydrogen-bond donors (Lipinski definition) is 2. The summed E-state index contributed by atoms with van der Waals surface area (Å²) in [5.74, 6) is -1.98. The zero-order chi connectivity index (χ0) is 21.3. The molecule has 2 N–H and O–H groups in total. The van der Waals surface area contributed by atoms with Gasteiger partial charge in [0.15, 0.2) is 11.6 Å². The minimum Gasteiger partial charge on any atom is -0.324 e. The molecule has 3 aromatic rings. The van der Waals surface area contributed by atoms with Crippen LogP contribution in [-0.2, 0) is 4.79 Å². The third kappa shape index (κ3) is 3.38. The lowest BCUT2D eigenvalue weighted by Gasteiger charge is -2.22. The molecule has 0 spiro atoms. The maximum Gasteiger partial charge on any atom is 0.255 e. The molecule has 3 aromatic carbocycles. The van der Waals surface area contributed by atoms with Gasteiger partial charge in [0, 0.05) is 16.7 Å². The van der Waals surface area contributed by atoms with E-state index in [2.05, 4.69) is 10.6 Å². The van der Waals surface area contributed by atoms with Crippen LogP contribution in [-0.4, -0.2) is 29.3 Å². The SMILES string of the molecule is O=C(CCl)Nc1cccc2c1C(=O)c1cccc(NC(=O)c3ccccc3)c1C2=O. The van der Waals surface area contributed by atoms with Crippen LogP contribution in [0.2, 0.25) is 0 Å². The van der Waals surface area contributed by atoms with Gasteiger partial charge >= 0.3 is 0 Å². The first-order chi connectivity index (χ1) is 14.5. The van der Waals surface area contributed by atoms with Crippen LogP contribution in [0.1, 0.15) is 42.2 Å². The summed E-state index contributed by atoms with van der Waals surface area (Å²) in [4.78, 5) is 50.8. The van der Waals surface area contributed by atoms with Crippen molar-refractivity contribution >= 4 is 46.4 Å². The average molecular weight is 419 g/mol. The first-order valence-electron chi connectivity index (χ1n) is 9.09. The van der Waals surface area contributed by atoms with Crippen LogP contribution in [0, 0.1) is 0 Å². The van der Waals surface area contributed by atoms with Crippen LogP contribution in [0.5, 0.6) is 0 Å². The van der Waals surface area contributed by atoms with Gasteiger partial charge in [-0.3, -0.25) is 19.2 Å². The number of alkyl halides is 1. The number of halogens is 1. The van der Waals surface area contributed by atoms with E-state index in [0.29, 0.717) is 5.56 Å². The highest BCUT2D eigenvalue weighted by Gasteiger charge is 2.34. The molecule has 1 aliphatic rings. The summed E-state index contributed by atoms with van der Waals surface area (Å²) in [6.07, 6.45) is 0. The Labute approximate surface area is 176 Å².